The van der Waals surface area contributed by atoms with Gasteiger partial charge in [0.05, 0.1) is 5.56 Å². The summed E-state index contributed by atoms with van der Waals surface area (Å²) < 4.78 is 3.83. The van der Waals surface area contributed by atoms with Gasteiger partial charge < -0.3 is 14.0 Å². The molecule has 29 heavy (non-hydrogen) atoms. The van der Waals surface area contributed by atoms with E-state index in [2.05, 4.69) is 6.92 Å². The first kappa shape index (κ1) is 19.7. The molecule has 0 spiro atoms. The topological polar surface area (TPSA) is 47.2 Å². The van der Waals surface area contributed by atoms with Gasteiger partial charge in [-0.3, -0.25) is 9.59 Å². The maximum absolute atomic E-state index is 13.6. The second kappa shape index (κ2) is 8.05. The average Bonchev–Trinajstić information content (AvgIpc) is 3.06. The van der Waals surface area contributed by atoms with Crippen molar-refractivity contribution in [2.24, 2.45) is 7.05 Å². The Labute approximate surface area is 171 Å². The standard InChI is InChI=1S/C24H31N3O2/c1-4-5-15-25(2)23(28)19-16-27(17-11-7-6-8-12-17)24(29)22-21(19)18-13-9-10-14-20(18)26(22)3/h9-10,13-14,16-17H,4-8,11-12,15H2,1-3H3. The van der Waals surface area contributed by atoms with Gasteiger partial charge >= 0.3 is 0 Å². The molecule has 0 N–H and O–H groups in total. The van der Waals surface area contributed by atoms with Crippen LogP contribution in [0.25, 0.3) is 21.8 Å². The van der Waals surface area contributed by atoms with E-state index in [1.807, 2.05) is 53.7 Å². The van der Waals surface area contributed by atoms with E-state index >= 15 is 0 Å². The number of fused-ring (bicyclic) bond motifs is 3. The van der Waals surface area contributed by atoms with Crippen LogP contribution in [0.2, 0.25) is 0 Å². The molecular formula is C24H31N3O2. The SMILES string of the molecule is CCCCN(C)C(=O)c1cn(C2CCCCC2)c(=O)c2c1c1ccccc1n2C. The molecule has 2 aromatic heterocycles. The molecule has 154 valence electrons. The van der Waals surface area contributed by atoms with Gasteiger partial charge in [-0.1, -0.05) is 50.8 Å². The first-order valence-corrected chi connectivity index (χ1v) is 10.9. The maximum Gasteiger partial charge on any atom is 0.275 e. The number of amides is 1. The number of unbranched alkanes of at least 4 members (excludes halogenated alkanes) is 1. The Kier molecular flexibility index (Phi) is 5.48. The number of hydrogen-bond acceptors (Lipinski definition) is 2. The normalized spacial score (nSPS) is 15.3. The Morgan fingerprint density at radius 3 is 2.62 bits per heavy atom. The molecule has 1 amide bonds. The van der Waals surface area contributed by atoms with Crippen LogP contribution in [-0.4, -0.2) is 33.5 Å². The number of rotatable bonds is 5. The van der Waals surface area contributed by atoms with Gasteiger partial charge in [0.1, 0.15) is 5.52 Å². The van der Waals surface area contributed by atoms with Crippen molar-refractivity contribution >= 4 is 27.7 Å². The summed E-state index contributed by atoms with van der Waals surface area (Å²) in [6.45, 7) is 2.86. The predicted molar refractivity (Wildman–Crippen MR) is 119 cm³/mol. The second-order valence-electron chi connectivity index (χ2n) is 8.43. The summed E-state index contributed by atoms with van der Waals surface area (Å²) in [4.78, 5) is 28.8. The zero-order valence-corrected chi connectivity index (χ0v) is 17.8. The number of carbonyl (C=O) groups excluding carboxylic acids is 1. The van der Waals surface area contributed by atoms with Gasteiger partial charge in [0.25, 0.3) is 11.5 Å². The molecule has 1 aliphatic carbocycles. The molecule has 5 nitrogen and oxygen atoms in total. The van der Waals surface area contributed by atoms with E-state index in [-0.39, 0.29) is 17.5 Å². The first-order chi connectivity index (χ1) is 14.0. The molecule has 4 rings (SSSR count). The van der Waals surface area contributed by atoms with Gasteiger partial charge in [0.15, 0.2) is 0 Å². The lowest BCUT2D eigenvalue weighted by Crippen LogP contribution is -2.32. The summed E-state index contributed by atoms with van der Waals surface area (Å²) in [5, 5.41) is 1.78. The molecule has 0 bridgehead atoms. The molecule has 5 heteroatoms. The highest BCUT2D eigenvalue weighted by Gasteiger charge is 2.26. The lowest BCUT2D eigenvalue weighted by molar-refractivity contribution is 0.0794. The number of nitrogens with zero attached hydrogens (tertiary/aromatic N) is 3. The molecule has 1 aromatic carbocycles. The van der Waals surface area contributed by atoms with Crippen LogP contribution in [0, 0.1) is 0 Å². The number of aromatic nitrogens is 2. The van der Waals surface area contributed by atoms with Crippen LogP contribution in [0.15, 0.2) is 35.3 Å². The van der Waals surface area contributed by atoms with Crippen LogP contribution in [0.4, 0.5) is 0 Å². The number of benzene rings is 1. The molecule has 1 aliphatic rings. The van der Waals surface area contributed by atoms with Crippen LogP contribution < -0.4 is 5.56 Å². The predicted octanol–water partition coefficient (Wildman–Crippen LogP) is 4.87. The molecule has 0 unspecified atom stereocenters. The van der Waals surface area contributed by atoms with E-state index in [0.717, 1.165) is 61.4 Å². The highest BCUT2D eigenvalue weighted by atomic mass is 16.2. The van der Waals surface area contributed by atoms with Crippen molar-refractivity contribution in [3.05, 3.63) is 46.4 Å². The van der Waals surface area contributed by atoms with Crippen molar-refractivity contribution in [1.29, 1.82) is 0 Å². The van der Waals surface area contributed by atoms with E-state index in [1.165, 1.54) is 6.42 Å². The molecule has 1 fully saturated rings. The summed E-state index contributed by atoms with van der Waals surface area (Å²) in [7, 11) is 3.80. The Morgan fingerprint density at radius 2 is 1.90 bits per heavy atom. The van der Waals surface area contributed by atoms with Crippen molar-refractivity contribution in [1.82, 2.24) is 14.0 Å². The highest BCUT2D eigenvalue weighted by molar-refractivity contribution is 6.17. The smallest absolute Gasteiger partial charge is 0.275 e. The number of pyridine rings is 1. The number of carbonyl (C=O) groups is 1. The third-order valence-corrected chi connectivity index (χ3v) is 6.47. The maximum atomic E-state index is 13.6. The van der Waals surface area contributed by atoms with Crippen LogP contribution in [0.1, 0.15) is 68.3 Å². The molecule has 0 radical (unpaired) electrons. The summed E-state index contributed by atoms with van der Waals surface area (Å²) in [5.41, 5.74) is 2.32. The van der Waals surface area contributed by atoms with Crippen LogP contribution in [-0.2, 0) is 7.05 Å². The van der Waals surface area contributed by atoms with E-state index in [9.17, 15) is 9.59 Å². The van der Waals surface area contributed by atoms with E-state index in [1.54, 1.807) is 4.90 Å². The van der Waals surface area contributed by atoms with Crippen molar-refractivity contribution in [3.63, 3.8) is 0 Å². The van der Waals surface area contributed by atoms with Gasteiger partial charge in [0.2, 0.25) is 0 Å². The lowest BCUT2D eigenvalue weighted by Gasteiger charge is -2.25. The summed E-state index contributed by atoms with van der Waals surface area (Å²) >= 11 is 0. The fourth-order valence-electron chi connectivity index (χ4n) is 4.80. The summed E-state index contributed by atoms with van der Waals surface area (Å²) in [6.07, 6.45) is 9.41. The van der Waals surface area contributed by atoms with Gasteiger partial charge in [-0.15, -0.1) is 0 Å². The van der Waals surface area contributed by atoms with Gasteiger partial charge in [-0.05, 0) is 25.3 Å². The van der Waals surface area contributed by atoms with Gasteiger partial charge in [0, 0.05) is 49.2 Å². The second-order valence-corrected chi connectivity index (χ2v) is 8.43. The van der Waals surface area contributed by atoms with Crippen LogP contribution in [0.3, 0.4) is 0 Å². The van der Waals surface area contributed by atoms with Gasteiger partial charge in [-0.25, -0.2) is 0 Å². The van der Waals surface area contributed by atoms with Crippen molar-refractivity contribution in [2.45, 2.75) is 57.9 Å². The Balaban J connectivity index is 1.98. The Bertz CT molecular complexity index is 1100. The molecule has 0 aliphatic heterocycles. The van der Waals surface area contributed by atoms with Gasteiger partial charge in [-0.2, -0.15) is 0 Å². The van der Waals surface area contributed by atoms with Crippen molar-refractivity contribution in [3.8, 4) is 0 Å². The third kappa shape index (κ3) is 3.37. The van der Waals surface area contributed by atoms with Crippen molar-refractivity contribution < 1.29 is 4.79 Å². The highest BCUT2D eigenvalue weighted by Crippen LogP contribution is 2.32. The van der Waals surface area contributed by atoms with Crippen LogP contribution >= 0.6 is 0 Å². The average molecular weight is 394 g/mol. The first-order valence-electron chi connectivity index (χ1n) is 10.9. The van der Waals surface area contributed by atoms with E-state index in [4.69, 9.17) is 0 Å². The van der Waals surface area contributed by atoms with E-state index < -0.39 is 0 Å². The fourth-order valence-corrected chi connectivity index (χ4v) is 4.80. The van der Waals surface area contributed by atoms with Crippen molar-refractivity contribution in [2.75, 3.05) is 13.6 Å². The minimum absolute atomic E-state index is 0.00404. The quantitative estimate of drug-likeness (QED) is 0.621. The van der Waals surface area contributed by atoms with Crippen LogP contribution in [0.5, 0.6) is 0 Å². The molecule has 0 saturated heterocycles. The number of hydrogen-bond donors (Lipinski definition) is 0. The zero-order valence-electron chi connectivity index (χ0n) is 17.8. The number of aryl methyl sites for hydroxylation is 1. The summed E-state index contributed by atoms with van der Waals surface area (Å²) in [5.74, 6) is 0.00404. The molecular weight excluding hydrogens is 362 g/mol. The minimum atomic E-state index is 0.00404. The minimum Gasteiger partial charge on any atom is -0.342 e. The largest absolute Gasteiger partial charge is 0.342 e. The van der Waals surface area contributed by atoms with E-state index in [0.29, 0.717) is 11.1 Å². The fraction of sp³-hybridized carbons (Fsp3) is 0.500. The third-order valence-electron chi connectivity index (χ3n) is 6.47. The Hall–Kier alpha value is -2.56. The molecule has 2 heterocycles. The summed E-state index contributed by atoms with van der Waals surface area (Å²) in [6, 6.07) is 8.19. The molecule has 0 atom stereocenters. The zero-order chi connectivity index (χ0) is 20.5. The number of para-hydroxylation sites is 1. The molecule has 1 saturated carbocycles. The lowest BCUT2D eigenvalue weighted by atomic mass is 9.95. The molecule has 3 aromatic rings. The monoisotopic (exact) mass is 393 g/mol. The Morgan fingerprint density at radius 1 is 1.17 bits per heavy atom.